The summed E-state index contributed by atoms with van der Waals surface area (Å²) in [6.07, 6.45) is 2.15. The van der Waals surface area contributed by atoms with Crippen LogP contribution in [0.25, 0.3) is 21.9 Å². The summed E-state index contributed by atoms with van der Waals surface area (Å²) < 4.78 is 5.92. The molecule has 0 radical (unpaired) electrons. The first-order valence-corrected chi connectivity index (χ1v) is 11.4. The van der Waals surface area contributed by atoms with Gasteiger partial charge >= 0.3 is 0 Å². The highest BCUT2D eigenvalue weighted by Crippen LogP contribution is 2.31. The van der Waals surface area contributed by atoms with Gasteiger partial charge in [0.1, 0.15) is 11.2 Å². The number of likely N-dealkylation sites (tertiary alicyclic amines) is 1. The second kappa shape index (κ2) is 8.47. The third-order valence-corrected chi connectivity index (χ3v) is 6.64. The number of para-hydroxylation sites is 1. The predicted molar refractivity (Wildman–Crippen MR) is 125 cm³/mol. The summed E-state index contributed by atoms with van der Waals surface area (Å²) in [5, 5.41) is 5.04. The molecule has 0 atom stereocenters. The van der Waals surface area contributed by atoms with Gasteiger partial charge in [-0.15, -0.1) is 11.8 Å². The van der Waals surface area contributed by atoms with Gasteiger partial charge in [0, 0.05) is 40.5 Å². The molecule has 3 aromatic carbocycles. The number of benzene rings is 3. The predicted octanol–water partition coefficient (Wildman–Crippen LogP) is 5.55. The summed E-state index contributed by atoms with van der Waals surface area (Å²) in [4.78, 5) is 28.1. The smallest absolute Gasteiger partial charge is 0.256 e. The summed E-state index contributed by atoms with van der Waals surface area (Å²) in [5.74, 6) is 0.273. The fourth-order valence-electron chi connectivity index (χ4n) is 3.98. The van der Waals surface area contributed by atoms with Crippen LogP contribution in [0.4, 0.5) is 5.69 Å². The molecule has 4 aromatic rings. The molecule has 1 aliphatic rings. The number of anilines is 1. The standard InChI is InChI=1S/C25H22N2O3S/c28-24(27-13-5-6-14-27)16-31-23-10-4-2-8-20(23)25(29)26-17-11-12-19-18-7-1-3-9-21(18)30-22(19)15-17/h1-4,7-12,15H,5-6,13-14,16H2,(H,26,29). The Morgan fingerprint density at radius 3 is 2.52 bits per heavy atom. The molecule has 1 fully saturated rings. The molecule has 1 aromatic heterocycles. The average Bonchev–Trinajstić information content (AvgIpc) is 3.45. The van der Waals surface area contributed by atoms with Crippen molar-refractivity contribution in [3.63, 3.8) is 0 Å². The normalized spacial score (nSPS) is 13.7. The van der Waals surface area contributed by atoms with Crippen LogP contribution in [0, 0.1) is 0 Å². The maximum Gasteiger partial charge on any atom is 0.256 e. The molecule has 156 valence electrons. The highest BCUT2D eigenvalue weighted by Gasteiger charge is 2.19. The lowest BCUT2D eigenvalue weighted by Crippen LogP contribution is -2.29. The Bertz CT molecular complexity index is 1270. The van der Waals surface area contributed by atoms with E-state index in [9.17, 15) is 9.59 Å². The first-order valence-electron chi connectivity index (χ1n) is 10.4. The van der Waals surface area contributed by atoms with Crippen molar-refractivity contribution >= 4 is 51.2 Å². The summed E-state index contributed by atoms with van der Waals surface area (Å²) >= 11 is 1.42. The van der Waals surface area contributed by atoms with Crippen LogP contribution < -0.4 is 5.32 Å². The molecule has 2 amide bonds. The number of rotatable bonds is 5. The van der Waals surface area contributed by atoms with Gasteiger partial charge in [0.2, 0.25) is 5.91 Å². The Morgan fingerprint density at radius 2 is 1.65 bits per heavy atom. The Labute approximate surface area is 184 Å². The zero-order valence-electron chi connectivity index (χ0n) is 17.0. The van der Waals surface area contributed by atoms with E-state index in [0.717, 1.165) is 52.8 Å². The van der Waals surface area contributed by atoms with Crippen LogP contribution in [-0.4, -0.2) is 35.6 Å². The van der Waals surface area contributed by atoms with Crippen molar-refractivity contribution in [1.82, 2.24) is 4.90 Å². The van der Waals surface area contributed by atoms with Crippen molar-refractivity contribution < 1.29 is 14.0 Å². The van der Waals surface area contributed by atoms with Gasteiger partial charge in [-0.3, -0.25) is 9.59 Å². The molecule has 1 N–H and O–H groups in total. The molecule has 0 spiro atoms. The quantitative estimate of drug-likeness (QED) is 0.422. The molecular formula is C25H22N2O3S. The van der Waals surface area contributed by atoms with Crippen molar-refractivity contribution in [2.75, 3.05) is 24.2 Å². The Balaban J connectivity index is 1.33. The number of hydrogen-bond donors (Lipinski definition) is 1. The van der Waals surface area contributed by atoms with E-state index in [4.69, 9.17) is 4.42 Å². The lowest BCUT2D eigenvalue weighted by Gasteiger charge is -2.15. The van der Waals surface area contributed by atoms with Crippen LogP contribution >= 0.6 is 11.8 Å². The Morgan fingerprint density at radius 1 is 0.903 bits per heavy atom. The minimum atomic E-state index is -0.202. The highest BCUT2D eigenvalue weighted by molar-refractivity contribution is 8.00. The number of fused-ring (bicyclic) bond motifs is 3. The van der Waals surface area contributed by atoms with Crippen molar-refractivity contribution in [3.05, 3.63) is 72.3 Å². The van der Waals surface area contributed by atoms with Gasteiger partial charge in [0.15, 0.2) is 0 Å². The van der Waals surface area contributed by atoms with E-state index in [1.165, 1.54) is 11.8 Å². The van der Waals surface area contributed by atoms with Gasteiger partial charge < -0.3 is 14.6 Å². The topological polar surface area (TPSA) is 62.6 Å². The minimum absolute atomic E-state index is 0.132. The average molecular weight is 431 g/mol. The SMILES string of the molecule is O=C(Nc1ccc2c(c1)oc1ccccc12)c1ccccc1SCC(=O)N1CCCC1. The van der Waals surface area contributed by atoms with E-state index in [2.05, 4.69) is 5.32 Å². The van der Waals surface area contributed by atoms with Crippen LogP contribution in [0.2, 0.25) is 0 Å². The van der Waals surface area contributed by atoms with Gasteiger partial charge in [-0.2, -0.15) is 0 Å². The number of carbonyl (C=O) groups excluding carboxylic acids is 2. The molecule has 0 aliphatic carbocycles. The fraction of sp³-hybridized carbons (Fsp3) is 0.200. The Hall–Kier alpha value is -3.25. The van der Waals surface area contributed by atoms with E-state index in [1.807, 2.05) is 65.6 Å². The number of thioether (sulfide) groups is 1. The summed E-state index contributed by atoms with van der Waals surface area (Å²) in [6.45, 7) is 1.68. The van der Waals surface area contributed by atoms with E-state index in [-0.39, 0.29) is 11.8 Å². The minimum Gasteiger partial charge on any atom is -0.456 e. The number of hydrogen-bond acceptors (Lipinski definition) is 4. The van der Waals surface area contributed by atoms with Crippen LogP contribution in [0.1, 0.15) is 23.2 Å². The number of furan rings is 1. The number of amides is 2. The fourth-order valence-corrected chi connectivity index (χ4v) is 4.93. The van der Waals surface area contributed by atoms with Crippen LogP contribution in [0.3, 0.4) is 0 Å². The lowest BCUT2D eigenvalue weighted by atomic mass is 10.1. The van der Waals surface area contributed by atoms with Gasteiger partial charge in [-0.1, -0.05) is 30.3 Å². The maximum absolute atomic E-state index is 13.0. The molecule has 5 nitrogen and oxygen atoms in total. The number of nitrogens with one attached hydrogen (secondary N) is 1. The van der Waals surface area contributed by atoms with Crippen molar-refractivity contribution in [3.8, 4) is 0 Å². The van der Waals surface area contributed by atoms with E-state index in [1.54, 1.807) is 6.07 Å². The van der Waals surface area contributed by atoms with E-state index in [0.29, 0.717) is 17.0 Å². The molecule has 0 bridgehead atoms. The third kappa shape index (κ3) is 4.03. The molecule has 2 heterocycles. The first-order chi connectivity index (χ1) is 15.2. The van der Waals surface area contributed by atoms with Crippen molar-refractivity contribution in [2.45, 2.75) is 17.7 Å². The molecule has 0 unspecified atom stereocenters. The summed E-state index contributed by atoms with van der Waals surface area (Å²) in [6, 6.07) is 21.0. The van der Waals surface area contributed by atoms with Gasteiger partial charge in [-0.25, -0.2) is 0 Å². The second-order valence-electron chi connectivity index (χ2n) is 7.64. The Kier molecular flexibility index (Phi) is 5.38. The molecule has 1 saturated heterocycles. The van der Waals surface area contributed by atoms with Gasteiger partial charge in [-0.05, 0) is 43.2 Å². The van der Waals surface area contributed by atoms with Crippen LogP contribution in [0.15, 0.2) is 76.0 Å². The van der Waals surface area contributed by atoms with Gasteiger partial charge in [0.05, 0.1) is 11.3 Å². The van der Waals surface area contributed by atoms with Gasteiger partial charge in [0.25, 0.3) is 5.91 Å². The molecule has 6 heteroatoms. The lowest BCUT2D eigenvalue weighted by molar-refractivity contribution is -0.127. The number of nitrogens with zero attached hydrogens (tertiary/aromatic N) is 1. The second-order valence-corrected chi connectivity index (χ2v) is 8.65. The molecule has 5 rings (SSSR count). The summed E-state index contributed by atoms with van der Waals surface area (Å²) in [7, 11) is 0. The molecule has 1 aliphatic heterocycles. The molecule has 31 heavy (non-hydrogen) atoms. The third-order valence-electron chi connectivity index (χ3n) is 5.58. The van der Waals surface area contributed by atoms with Crippen molar-refractivity contribution in [1.29, 1.82) is 0 Å². The van der Waals surface area contributed by atoms with Crippen LogP contribution in [-0.2, 0) is 4.79 Å². The largest absolute Gasteiger partial charge is 0.456 e. The molecule has 0 saturated carbocycles. The zero-order chi connectivity index (χ0) is 21.2. The highest BCUT2D eigenvalue weighted by atomic mass is 32.2. The monoisotopic (exact) mass is 430 g/mol. The maximum atomic E-state index is 13.0. The number of carbonyl (C=O) groups is 2. The zero-order valence-corrected chi connectivity index (χ0v) is 17.8. The van der Waals surface area contributed by atoms with Crippen molar-refractivity contribution in [2.24, 2.45) is 0 Å². The first kappa shape index (κ1) is 19.7. The molecular weight excluding hydrogens is 408 g/mol. The van der Waals surface area contributed by atoms with E-state index >= 15 is 0 Å². The summed E-state index contributed by atoms with van der Waals surface area (Å²) in [5.41, 5.74) is 2.79. The van der Waals surface area contributed by atoms with E-state index < -0.39 is 0 Å². The van der Waals surface area contributed by atoms with Crippen LogP contribution in [0.5, 0.6) is 0 Å².